The van der Waals surface area contributed by atoms with Crippen LogP contribution in [0.1, 0.15) is 34.7 Å². The molecular formula is C22H32FN5S2. The minimum Gasteiger partial charge on any atom is -0.356 e. The number of likely N-dealkylation sites (tertiary alicyclic amines) is 1. The van der Waals surface area contributed by atoms with Gasteiger partial charge in [0.2, 0.25) is 0 Å². The zero-order valence-electron chi connectivity index (χ0n) is 18.1. The number of rotatable bonds is 8. The molecule has 0 saturated carbocycles. The van der Waals surface area contributed by atoms with E-state index in [2.05, 4.69) is 37.8 Å². The topological polar surface area (TPSA) is 52.6 Å². The molecule has 5 nitrogen and oxygen atoms in total. The van der Waals surface area contributed by atoms with Crippen molar-refractivity contribution in [1.82, 2.24) is 20.5 Å². The molecule has 2 aromatic rings. The molecule has 1 aromatic carbocycles. The van der Waals surface area contributed by atoms with E-state index in [4.69, 9.17) is 0 Å². The Morgan fingerprint density at radius 3 is 2.77 bits per heavy atom. The third kappa shape index (κ3) is 6.96. The molecular weight excluding hydrogens is 417 g/mol. The van der Waals surface area contributed by atoms with Crippen LogP contribution in [0, 0.1) is 18.7 Å². The number of aliphatic imine (C=N–C) groups is 1. The molecule has 0 bridgehead atoms. The van der Waals surface area contributed by atoms with Gasteiger partial charge in [-0.1, -0.05) is 6.07 Å². The summed E-state index contributed by atoms with van der Waals surface area (Å²) in [6.07, 6.45) is 4.40. The highest BCUT2D eigenvalue weighted by molar-refractivity contribution is 7.97. The van der Waals surface area contributed by atoms with Crippen molar-refractivity contribution in [3.63, 3.8) is 0 Å². The average molecular weight is 450 g/mol. The molecule has 8 heteroatoms. The molecule has 30 heavy (non-hydrogen) atoms. The van der Waals surface area contributed by atoms with Crippen molar-refractivity contribution in [1.29, 1.82) is 0 Å². The maximum absolute atomic E-state index is 13.5. The lowest BCUT2D eigenvalue weighted by Crippen LogP contribution is -2.42. The molecule has 1 aromatic heterocycles. The number of piperidine rings is 1. The second-order valence-corrected chi connectivity index (χ2v) is 9.66. The molecule has 0 amide bonds. The summed E-state index contributed by atoms with van der Waals surface area (Å²) in [6.45, 7) is 6.81. The highest BCUT2D eigenvalue weighted by Gasteiger charge is 2.20. The average Bonchev–Trinajstić information content (AvgIpc) is 3.15. The second kappa shape index (κ2) is 11.7. The van der Waals surface area contributed by atoms with Crippen molar-refractivity contribution in [3.8, 4) is 0 Å². The monoisotopic (exact) mass is 449 g/mol. The Morgan fingerprint density at radius 2 is 2.10 bits per heavy atom. The molecule has 0 radical (unpaired) electrons. The van der Waals surface area contributed by atoms with E-state index in [0.29, 0.717) is 12.5 Å². The van der Waals surface area contributed by atoms with Crippen molar-refractivity contribution in [2.75, 3.05) is 32.9 Å². The van der Waals surface area contributed by atoms with Crippen LogP contribution >= 0.6 is 23.1 Å². The van der Waals surface area contributed by atoms with Crippen LogP contribution in [0.4, 0.5) is 4.39 Å². The largest absolute Gasteiger partial charge is 0.356 e. The zero-order valence-corrected chi connectivity index (χ0v) is 19.7. The minimum atomic E-state index is -0.179. The van der Waals surface area contributed by atoms with Crippen molar-refractivity contribution in [2.24, 2.45) is 10.9 Å². The van der Waals surface area contributed by atoms with E-state index in [1.54, 1.807) is 36.2 Å². The predicted octanol–water partition coefficient (Wildman–Crippen LogP) is 4.03. The molecule has 0 spiro atoms. The van der Waals surface area contributed by atoms with Crippen LogP contribution in [0.2, 0.25) is 0 Å². The van der Waals surface area contributed by atoms with Gasteiger partial charge in [-0.25, -0.2) is 9.37 Å². The number of hydrogen-bond acceptors (Lipinski definition) is 5. The second-order valence-electron chi connectivity index (χ2n) is 7.73. The van der Waals surface area contributed by atoms with Crippen LogP contribution in [0.5, 0.6) is 0 Å². The molecule has 1 saturated heterocycles. The highest BCUT2D eigenvalue weighted by atomic mass is 32.2. The van der Waals surface area contributed by atoms with Gasteiger partial charge in [-0.15, -0.1) is 11.3 Å². The van der Waals surface area contributed by atoms with Gasteiger partial charge in [0.05, 0.1) is 10.7 Å². The van der Waals surface area contributed by atoms with E-state index < -0.39 is 0 Å². The summed E-state index contributed by atoms with van der Waals surface area (Å²) < 4.78 is 13.5. The van der Waals surface area contributed by atoms with Crippen LogP contribution < -0.4 is 10.6 Å². The summed E-state index contributed by atoms with van der Waals surface area (Å²) in [4.78, 5) is 11.4. The molecule has 1 aliphatic rings. The van der Waals surface area contributed by atoms with E-state index in [-0.39, 0.29) is 5.82 Å². The Hall–Kier alpha value is -1.64. The fourth-order valence-electron chi connectivity index (χ4n) is 3.76. The van der Waals surface area contributed by atoms with Gasteiger partial charge in [-0.05, 0) is 68.3 Å². The third-order valence-electron chi connectivity index (χ3n) is 5.46. The maximum Gasteiger partial charge on any atom is 0.191 e. The Kier molecular flexibility index (Phi) is 8.96. The fraction of sp³-hybridized carbons (Fsp3) is 0.545. The number of aryl methyl sites for hydroxylation is 1. The van der Waals surface area contributed by atoms with E-state index in [1.165, 1.54) is 24.6 Å². The number of thiazole rings is 1. The molecule has 0 unspecified atom stereocenters. The van der Waals surface area contributed by atoms with Gasteiger partial charge in [-0.3, -0.25) is 9.89 Å². The highest BCUT2D eigenvalue weighted by Crippen LogP contribution is 2.19. The van der Waals surface area contributed by atoms with Gasteiger partial charge in [0, 0.05) is 37.8 Å². The molecule has 0 aliphatic carbocycles. The Labute approximate surface area is 187 Å². The van der Waals surface area contributed by atoms with Gasteiger partial charge in [0.1, 0.15) is 5.82 Å². The Bertz CT molecular complexity index is 831. The van der Waals surface area contributed by atoms with Crippen LogP contribution in [0.15, 0.2) is 28.6 Å². The molecule has 2 heterocycles. The summed E-state index contributed by atoms with van der Waals surface area (Å²) in [7, 11) is 1.79. The quantitative estimate of drug-likeness (QED) is 0.471. The first-order valence-electron chi connectivity index (χ1n) is 10.4. The lowest BCUT2D eigenvalue weighted by Gasteiger charge is -2.31. The number of aromatic nitrogens is 1. The van der Waals surface area contributed by atoms with Gasteiger partial charge in [0.15, 0.2) is 5.96 Å². The molecule has 1 fully saturated rings. The first-order valence-corrected chi connectivity index (χ1v) is 12.7. The SMILES string of the molecule is CN=C(NCc1ccc(F)cc1CSC)NCC1CCN(Cc2csc(C)n2)CC1. The fourth-order valence-corrected chi connectivity index (χ4v) is 4.94. The molecule has 2 N–H and O–H groups in total. The van der Waals surface area contributed by atoms with Crippen LogP contribution in [-0.4, -0.2) is 48.8 Å². The van der Waals surface area contributed by atoms with Crippen molar-refractivity contribution >= 4 is 29.1 Å². The number of nitrogens with one attached hydrogen (secondary N) is 2. The Morgan fingerprint density at radius 1 is 1.30 bits per heavy atom. The number of guanidine groups is 1. The summed E-state index contributed by atoms with van der Waals surface area (Å²) in [5.41, 5.74) is 3.34. The van der Waals surface area contributed by atoms with E-state index >= 15 is 0 Å². The summed E-state index contributed by atoms with van der Waals surface area (Å²) in [5.74, 6) is 2.08. The molecule has 0 atom stereocenters. The smallest absolute Gasteiger partial charge is 0.191 e. The van der Waals surface area contributed by atoms with Crippen LogP contribution in [0.25, 0.3) is 0 Å². The minimum absolute atomic E-state index is 0.179. The lowest BCUT2D eigenvalue weighted by atomic mass is 9.97. The van der Waals surface area contributed by atoms with Crippen LogP contribution in [-0.2, 0) is 18.8 Å². The summed E-state index contributed by atoms with van der Waals surface area (Å²) >= 11 is 3.43. The summed E-state index contributed by atoms with van der Waals surface area (Å²) in [5, 5.41) is 10.2. The zero-order chi connectivity index (χ0) is 21.3. The van der Waals surface area contributed by atoms with Gasteiger partial charge >= 0.3 is 0 Å². The predicted molar refractivity (Wildman–Crippen MR) is 127 cm³/mol. The normalized spacial score (nSPS) is 16.1. The molecule has 164 valence electrons. The Balaban J connectivity index is 1.41. The molecule has 1 aliphatic heterocycles. The number of hydrogen-bond donors (Lipinski definition) is 2. The van der Waals surface area contributed by atoms with Crippen LogP contribution in [0.3, 0.4) is 0 Å². The maximum atomic E-state index is 13.5. The van der Waals surface area contributed by atoms with E-state index in [0.717, 1.165) is 54.0 Å². The first-order chi connectivity index (χ1) is 14.6. The van der Waals surface area contributed by atoms with Gasteiger partial charge < -0.3 is 10.6 Å². The lowest BCUT2D eigenvalue weighted by molar-refractivity contribution is 0.176. The van der Waals surface area contributed by atoms with Gasteiger partial charge in [0.25, 0.3) is 0 Å². The number of halogens is 1. The van der Waals surface area contributed by atoms with Gasteiger partial charge in [-0.2, -0.15) is 11.8 Å². The van der Waals surface area contributed by atoms with Crippen molar-refractivity contribution in [3.05, 3.63) is 51.2 Å². The van der Waals surface area contributed by atoms with E-state index in [9.17, 15) is 4.39 Å². The molecule has 3 rings (SSSR count). The van der Waals surface area contributed by atoms with Crippen molar-refractivity contribution < 1.29 is 4.39 Å². The first kappa shape index (κ1) is 23.0. The third-order valence-corrected chi connectivity index (χ3v) is 6.88. The number of nitrogens with zero attached hydrogens (tertiary/aromatic N) is 3. The standard InChI is InChI=1S/C22H32FN5S2/c1-16-27-21(15-30-16)13-28-8-6-17(7-9-28)11-25-22(24-2)26-12-18-4-5-20(23)10-19(18)14-29-3/h4-5,10,15,17H,6-9,11-14H2,1-3H3,(H2,24,25,26). The number of thioether (sulfide) groups is 1. The van der Waals surface area contributed by atoms with E-state index in [1.807, 2.05) is 12.3 Å². The van der Waals surface area contributed by atoms with Crippen molar-refractivity contribution in [2.45, 2.75) is 38.6 Å². The summed E-state index contributed by atoms with van der Waals surface area (Å²) in [6, 6.07) is 5.02. The number of benzene rings is 1.